The Bertz CT molecular complexity index is 420. The molecule has 72 valence electrons. The molecule has 0 fully saturated rings. The van der Waals surface area contributed by atoms with E-state index in [0.29, 0.717) is 0 Å². The van der Waals surface area contributed by atoms with Crippen LogP contribution in [0.1, 0.15) is 0 Å². The summed E-state index contributed by atoms with van der Waals surface area (Å²) < 4.78 is 34.3. The molecule has 1 rings (SSSR count). The largest absolute Gasteiger partial charge is 0.264 e. The standard InChI is InChI=1S/C6H2Cl3FO2S/c7-4-1-3(10)2-5(8)6(4)13(9,11)12/h1-2H. The molecule has 2 nitrogen and oxygen atoms in total. The van der Waals surface area contributed by atoms with Crippen LogP contribution in [-0.4, -0.2) is 8.42 Å². The molecule has 0 spiro atoms. The molecule has 0 aromatic heterocycles. The maximum Gasteiger partial charge on any atom is 0.264 e. The quantitative estimate of drug-likeness (QED) is 0.730. The van der Waals surface area contributed by atoms with Crippen LogP contribution < -0.4 is 0 Å². The van der Waals surface area contributed by atoms with Gasteiger partial charge in [0.1, 0.15) is 10.7 Å². The molecule has 7 heteroatoms. The Hall–Kier alpha value is -0.0300. The van der Waals surface area contributed by atoms with Gasteiger partial charge in [0.25, 0.3) is 9.05 Å². The summed E-state index contributed by atoms with van der Waals surface area (Å²) in [5, 5.41) is -0.667. The van der Waals surface area contributed by atoms with Gasteiger partial charge in [-0.1, -0.05) is 23.2 Å². The molecule has 1 aromatic rings. The van der Waals surface area contributed by atoms with Crippen LogP contribution in [-0.2, 0) is 9.05 Å². The van der Waals surface area contributed by atoms with Crippen molar-refractivity contribution in [3.05, 3.63) is 28.0 Å². The predicted molar refractivity (Wildman–Crippen MR) is 49.5 cm³/mol. The Kier molecular flexibility index (Phi) is 3.07. The first-order chi connectivity index (χ1) is 5.82. The Morgan fingerprint density at radius 1 is 1.15 bits per heavy atom. The van der Waals surface area contributed by atoms with Gasteiger partial charge in [-0.25, -0.2) is 12.8 Å². The van der Waals surface area contributed by atoms with Crippen LogP contribution in [0.2, 0.25) is 10.0 Å². The number of hydrogen-bond acceptors (Lipinski definition) is 2. The van der Waals surface area contributed by atoms with Crippen LogP contribution in [0.4, 0.5) is 4.39 Å². The van der Waals surface area contributed by atoms with E-state index < -0.39 is 19.8 Å². The fourth-order valence-electron chi connectivity index (χ4n) is 0.762. The van der Waals surface area contributed by atoms with Gasteiger partial charge in [0.05, 0.1) is 10.0 Å². The lowest BCUT2D eigenvalue weighted by atomic mass is 10.3. The van der Waals surface area contributed by atoms with Crippen LogP contribution in [0, 0.1) is 5.82 Å². The lowest BCUT2D eigenvalue weighted by molar-refractivity contribution is 0.607. The van der Waals surface area contributed by atoms with Crippen LogP contribution in [0.3, 0.4) is 0 Å². The third-order valence-corrected chi connectivity index (χ3v) is 3.42. The SMILES string of the molecule is O=S(=O)(Cl)c1c(Cl)cc(F)cc1Cl. The predicted octanol–water partition coefficient (Wildman–Crippen LogP) is 3.06. The molecule has 0 unspecified atom stereocenters. The summed E-state index contributed by atoms with van der Waals surface area (Å²) in [5.74, 6) is -0.723. The smallest absolute Gasteiger partial charge is 0.207 e. The van der Waals surface area contributed by atoms with Crippen molar-refractivity contribution in [3.8, 4) is 0 Å². The van der Waals surface area contributed by atoms with Crippen LogP contribution in [0.15, 0.2) is 17.0 Å². The zero-order chi connectivity index (χ0) is 10.2. The van der Waals surface area contributed by atoms with E-state index in [2.05, 4.69) is 0 Å². The van der Waals surface area contributed by atoms with E-state index in [0.717, 1.165) is 12.1 Å². The molecule has 0 saturated carbocycles. The highest BCUT2D eigenvalue weighted by molar-refractivity contribution is 8.14. The number of halogens is 4. The van der Waals surface area contributed by atoms with Gasteiger partial charge in [0, 0.05) is 10.7 Å². The topological polar surface area (TPSA) is 34.1 Å². The molecule has 13 heavy (non-hydrogen) atoms. The van der Waals surface area contributed by atoms with E-state index in [4.69, 9.17) is 33.9 Å². The Morgan fingerprint density at radius 3 is 1.85 bits per heavy atom. The lowest BCUT2D eigenvalue weighted by Crippen LogP contribution is -1.94. The number of hydrogen-bond donors (Lipinski definition) is 0. The first-order valence-corrected chi connectivity index (χ1v) is 5.98. The zero-order valence-electron chi connectivity index (χ0n) is 5.89. The fraction of sp³-hybridized carbons (Fsp3) is 0. The van der Waals surface area contributed by atoms with Gasteiger partial charge in [-0.3, -0.25) is 0 Å². The number of benzene rings is 1. The Balaban J connectivity index is 3.57. The third-order valence-electron chi connectivity index (χ3n) is 1.21. The van der Waals surface area contributed by atoms with Crippen molar-refractivity contribution in [2.75, 3.05) is 0 Å². The summed E-state index contributed by atoms with van der Waals surface area (Å²) in [7, 11) is 0.963. The molecule has 1 aromatic carbocycles. The first kappa shape index (κ1) is 11.0. The molecular weight excluding hydrogens is 261 g/mol. The highest BCUT2D eigenvalue weighted by atomic mass is 35.7. The van der Waals surface area contributed by atoms with Crippen molar-refractivity contribution in [2.45, 2.75) is 4.90 Å². The maximum absolute atomic E-state index is 12.6. The molecular formula is C6H2Cl3FO2S. The highest BCUT2D eigenvalue weighted by Crippen LogP contribution is 2.32. The van der Waals surface area contributed by atoms with Crippen molar-refractivity contribution < 1.29 is 12.8 Å². The van der Waals surface area contributed by atoms with E-state index in [1.807, 2.05) is 0 Å². The molecule has 0 N–H and O–H groups in total. The molecule has 0 aliphatic rings. The average Bonchev–Trinajstić information content (AvgIpc) is 1.78. The maximum atomic E-state index is 12.6. The molecule has 0 aliphatic carbocycles. The first-order valence-electron chi connectivity index (χ1n) is 2.91. The van der Waals surface area contributed by atoms with Gasteiger partial charge in [-0.2, -0.15) is 0 Å². The van der Waals surface area contributed by atoms with Gasteiger partial charge in [-0.15, -0.1) is 0 Å². The minimum Gasteiger partial charge on any atom is -0.207 e. The van der Waals surface area contributed by atoms with Gasteiger partial charge in [0.2, 0.25) is 0 Å². The summed E-state index contributed by atoms with van der Waals surface area (Å²) in [6, 6.07) is 1.64. The minimum atomic E-state index is -4.04. The van der Waals surface area contributed by atoms with Gasteiger partial charge in [-0.05, 0) is 12.1 Å². The summed E-state index contributed by atoms with van der Waals surface area (Å²) in [6.07, 6.45) is 0. The third kappa shape index (κ3) is 2.47. The number of rotatable bonds is 1. The van der Waals surface area contributed by atoms with Gasteiger partial charge in [0.15, 0.2) is 0 Å². The van der Waals surface area contributed by atoms with Gasteiger partial charge >= 0.3 is 0 Å². The summed E-state index contributed by atoms with van der Waals surface area (Å²) in [4.78, 5) is -0.473. The molecule has 0 atom stereocenters. The molecule has 0 radical (unpaired) electrons. The normalized spacial score (nSPS) is 11.7. The second kappa shape index (κ2) is 3.61. The van der Waals surface area contributed by atoms with Gasteiger partial charge < -0.3 is 0 Å². The minimum absolute atomic E-state index is 0.333. The van der Waals surface area contributed by atoms with E-state index in [1.165, 1.54) is 0 Å². The van der Waals surface area contributed by atoms with Crippen LogP contribution in [0.25, 0.3) is 0 Å². The second-order valence-corrected chi connectivity index (χ2v) is 5.45. The fourth-order valence-corrected chi connectivity index (χ4v) is 3.15. The van der Waals surface area contributed by atoms with E-state index in [-0.39, 0.29) is 10.0 Å². The molecule has 0 saturated heterocycles. The van der Waals surface area contributed by atoms with Crippen molar-refractivity contribution in [1.82, 2.24) is 0 Å². The van der Waals surface area contributed by atoms with Crippen molar-refractivity contribution in [1.29, 1.82) is 0 Å². The Morgan fingerprint density at radius 2 is 1.54 bits per heavy atom. The van der Waals surface area contributed by atoms with E-state index >= 15 is 0 Å². The lowest BCUT2D eigenvalue weighted by Gasteiger charge is -2.02. The molecule has 0 bridgehead atoms. The Labute approximate surface area is 88.6 Å². The summed E-state index contributed by atoms with van der Waals surface area (Å²) >= 11 is 10.9. The zero-order valence-corrected chi connectivity index (χ0v) is 8.98. The second-order valence-electron chi connectivity index (χ2n) is 2.14. The van der Waals surface area contributed by atoms with Crippen LogP contribution >= 0.6 is 33.9 Å². The average molecular weight is 264 g/mol. The molecule has 0 amide bonds. The van der Waals surface area contributed by atoms with E-state index in [1.54, 1.807) is 0 Å². The van der Waals surface area contributed by atoms with Crippen molar-refractivity contribution in [3.63, 3.8) is 0 Å². The summed E-state index contributed by atoms with van der Waals surface area (Å²) in [6.45, 7) is 0. The van der Waals surface area contributed by atoms with Crippen molar-refractivity contribution >= 4 is 42.9 Å². The molecule has 0 heterocycles. The van der Waals surface area contributed by atoms with Crippen molar-refractivity contribution in [2.24, 2.45) is 0 Å². The van der Waals surface area contributed by atoms with E-state index in [9.17, 15) is 12.8 Å². The van der Waals surface area contributed by atoms with Crippen LogP contribution in [0.5, 0.6) is 0 Å². The summed E-state index contributed by atoms with van der Waals surface area (Å²) in [5.41, 5.74) is 0. The molecule has 0 aliphatic heterocycles. The highest BCUT2D eigenvalue weighted by Gasteiger charge is 2.19. The monoisotopic (exact) mass is 262 g/mol.